The predicted molar refractivity (Wildman–Crippen MR) is 101 cm³/mol. The molecule has 0 atom stereocenters. The van der Waals surface area contributed by atoms with Gasteiger partial charge in [-0.15, -0.1) is 0 Å². The third-order valence-electron chi connectivity index (χ3n) is 5.00. The Bertz CT molecular complexity index is 1060. The van der Waals surface area contributed by atoms with E-state index in [-0.39, 0.29) is 18.4 Å². The van der Waals surface area contributed by atoms with Crippen LogP contribution in [0, 0.1) is 11.3 Å². The van der Waals surface area contributed by atoms with Crippen LogP contribution in [0.25, 0.3) is 5.70 Å². The molecular formula is C20H18N6O2. The molecule has 2 saturated carbocycles. The van der Waals surface area contributed by atoms with Gasteiger partial charge in [-0.2, -0.15) is 10.4 Å². The summed E-state index contributed by atoms with van der Waals surface area (Å²) in [5.41, 5.74) is 4.45. The molecule has 2 aromatic rings. The average molecular weight is 374 g/mol. The number of rotatable bonds is 4. The number of furan rings is 1. The Morgan fingerprint density at radius 2 is 2.11 bits per heavy atom. The first-order valence-corrected chi connectivity index (χ1v) is 9.33. The summed E-state index contributed by atoms with van der Waals surface area (Å²) in [4.78, 5) is 20.5. The summed E-state index contributed by atoms with van der Waals surface area (Å²) in [5, 5.41) is 17.8. The molecule has 8 nitrogen and oxygen atoms in total. The van der Waals surface area contributed by atoms with E-state index in [1.54, 1.807) is 5.01 Å². The van der Waals surface area contributed by atoms with Crippen LogP contribution in [0.4, 0.5) is 5.95 Å². The molecule has 5 rings (SSSR count). The molecule has 2 aromatic heterocycles. The summed E-state index contributed by atoms with van der Waals surface area (Å²) >= 11 is 0. The molecule has 140 valence electrons. The smallest absolute Gasteiger partial charge is 0.248 e. The van der Waals surface area contributed by atoms with Crippen molar-refractivity contribution < 1.29 is 9.21 Å². The number of hydrogen-bond acceptors (Lipinski definition) is 7. The van der Waals surface area contributed by atoms with Crippen molar-refractivity contribution in [2.24, 2.45) is 5.10 Å². The summed E-state index contributed by atoms with van der Waals surface area (Å²) < 4.78 is 6.08. The maximum absolute atomic E-state index is 12.6. The Balaban J connectivity index is 1.38. The molecule has 0 bridgehead atoms. The number of nitrogens with one attached hydrogen (secondary N) is 1. The molecule has 1 aliphatic heterocycles. The molecule has 2 fully saturated rings. The van der Waals surface area contributed by atoms with E-state index >= 15 is 0 Å². The van der Waals surface area contributed by atoms with Crippen molar-refractivity contribution in [1.82, 2.24) is 15.0 Å². The van der Waals surface area contributed by atoms with Gasteiger partial charge in [0.1, 0.15) is 24.1 Å². The van der Waals surface area contributed by atoms with Gasteiger partial charge >= 0.3 is 0 Å². The Labute approximate surface area is 161 Å². The largest absolute Gasteiger partial charge is 0.459 e. The summed E-state index contributed by atoms with van der Waals surface area (Å²) in [7, 11) is 0. The molecule has 1 N–H and O–H groups in total. The van der Waals surface area contributed by atoms with Gasteiger partial charge < -0.3 is 4.42 Å². The molecule has 0 spiro atoms. The van der Waals surface area contributed by atoms with E-state index < -0.39 is 0 Å². The zero-order valence-electron chi connectivity index (χ0n) is 15.4. The number of nitriles is 1. The predicted octanol–water partition coefficient (Wildman–Crippen LogP) is 3.00. The third kappa shape index (κ3) is 3.05. The molecule has 0 radical (unpaired) electrons. The van der Waals surface area contributed by atoms with Crippen LogP contribution in [0.15, 0.2) is 33.6 Å². The van der Waals surface area contributed by atoms with Crippen LogP contribution >= 0.6 is 0 Å². The molecule has 8 heteroatoms. The molecule has 0 aromatic carbocycles. The zero-order chi connectivity index (χ0) is 19.3. The first-order chi connectivity index (χ1) is 13.6. The zero-order valence-corrected chi connectivity index (χ0v) is 15.4. The lowest BCUT2D eigenvalue weighted by molar-refractivity contribution is -0.116. The number of amides is 1. The third-order valence-corrected chi connectivity index (χ3v) is 5.00. The van der Waals surface area contributed by atoms with Crippen LogP contribution in [-0.4, -0.2) is 33.1 Å². The Morgan fingerprint density at radius 1 is 1.36 bits per heavy atom. The molecule has 1 amide bonds. The fraction of sp³-hybridized carbons (Fsp3) is 0.350. The Hall–Kier alpha value is -3.47. The van der Waals surface area contributed by atoms with Crippen LogP contribution in [0.1, 0.15) is 61.2 Å². The van der Waals surface area contributed by atoms with E-state index in [0.717, 1.165) is 41.3 Å². The standard InChI is InChI=1S/C20H18N6O2/c1-11-19-15(6-16(28-19)13-2-3-13)18(14-4-5-14)26(25-11)10-17(27)24-20-22-8-12(7-21)9-23-20/h6,8-9,13H,2-5,10H2,1H3,(H,22,23,24,27). The number of anilines is 1. The first kappa shape index (κ1) is 16.7. The molecule has 0 unspecified atom stereocenters. The number of hydrogen-bond donors (Lipinski definition) is 1. The Kier molecular flexibility index (Phi) is 3.76. The normalized spacial score (nSPS) is 17.7. The molecule has 3 aliphatic rings. The van der Waals surface area contributed by atoms with E-state index in [2.05, 4.69) is 26.5 Å². The lowest BCUT2D eigenvalue weighted by Gasteiger charge is -2.26. The van der Waals surface area contributed by atoms with Crippen molar-refractivity contribution in [3.63, 3.8) is 0 Å². The first-order valence-electron chi connectivity index (χ1n) is 9.33. The Morgan fingerprint density at radius 3 is 2.75 bits per heavy atom. The average Bonchev–Trinajstić information content (AvgIpc) is 3.60. The highest BCUT2D eigenvalue weighted by atomic mass is 16.3. The van der Waals surface area contributed by atoms with Crippen molar-refractivity contribution in [1.29, 1.82) is 5.26 Å². The van der Waals surface area contributed by atoms with Crippen molar-refractivity contribution in [2.45, 2.75) is 38.5 Å². The highest BCUT2D eigenvalue weighted by Gasteiger charge is 2.36. The van der Waals surface area contributed by atoms with E-state index in [4.69, 9.17) is 9.68 Å². The van der Waals surface area contributed by atoms with Crippen LogP contribution < -0.4 is 5.32 Å². The van der Waals surface area contributed by atoms with Crippen LogP contribution in [0.5, 0.6) is 0 Å². The minimum Gasteiger partial charge on any atom is -0.459 e. The fourth-order valence-corrected chi connectivity index (χ4v) is 3.38. The van der Waals surface area contributed by atoms with Crippen LogP contribution in [-0.2, 0) is 4.79 Å². The summed E-state index contributed by atoms with van der Waals surface area (Å²) in [6.07, 6.45) is 7.13. The van der Waals surface area contributed by atoms with Gasteiger partial charge in [-0.1, -0.05) is 0 Å². The number of aromatic nitrogens is 2. The van der Waals surface area contributed by atoms with Crippen LogP contribution in [0.2, 0.25) is 0 Å². The van der Waals surface area contributed by atoms with Crippen molar-refractivity contribution in [2.75, 3.05) is 11.9 Å². The van der Waals surface area contributed by atoms with Gasteiger partial charge in [0.25, 0.3) is 0 Å². The number of carbonyl (C=O) groups is 1. The topological polar surface area (TPSA) is 107 Å². The van der Waals surface area contributed by atoms with Crippen molar-refractivity contribution in [3.8, 4) is 6.07 Å². The van der Waals surface area contributed by atoms with Gasteiger partial charge in [0.15, 0.2) is 5.76 Å². The fourth-order valence-electron chi connectivity index (χ4n) is 3.38. The van der Waals surface area contributed by atoms with E-state index in [1.807, 2.05) is 13.0 Å². The number of nitrogens with zero attached hydrogens (tertiary/aromatic N) is 5. The lowest BCUT2D eigenvalue weighted by atomic mass is 10.1. The number of fused-ring (bicyclic) bond motifs is 1. The summed E-state index contributed by atoms with van der Waals surface area (Å²) in [6.45, 7) is 1.96. The molecule has 28 heavy (non-hydrogen) atoms. The quantitative estimate of drug-likeness (QED) is 0.881. The van der Waals surface area contributed by atoms with Crippen molar-refractivity contribution in [3.05, 3.63) is 46.7 Å². The summed E-state index contributed by atoms with van der Waals surface area (Å²) in [5.74, 6) is 2.27. The second-order valence-corrected chi connectivity index (χ2v) is 7.32. The lowest BCUT2D eigenvalue weighted by Crippen LogP contribution is -2.32. The van der Waals surface area contributed by atoms with E-state index in [9.17, 15) is 4.79 Å². The highest BCUT2D eigenvalue weighted by Crippen LogP contribution is 2.47. The summed E-state index contributed by atoms with van der Waals surface area (Å²) in [6, 6.07) is 4.07. The highest BCUT2D eigenvalue weighted by molar-refractivity contribution is 6.03. The maximum Gasteiger partial charge on any atom is 0.248 e. The number of allylic oxidation sites excluding steroid dienone is 1. The van der Waals surface area contributed by atoms with Gasteiger partial charge in [0.2, 0.25) is 11.9 Å². The molecular weight excluding hydrogens is 356 g/mol. The maximum atomic E-state index is 12.6. The SMILES string of the molecule is CC1=NN(CC(=O)Nc2ncc(C#N)cn2)C(=C2CC2)c2cc(C3CC3)oc21. The molecule has 0 saturated heterocycles. The van der Waals surface area contributed by atoms with Gasteiger partial charge in [-0.05, 0) is 44.2 Å². The van der Waals surface area contributed by atoms with Gasteiger partial charge in [-0.25, -0.2) is 9.97 Å². The van der Waals surface area contributed by atoms with Gasteiger partial charge in [0, 0.05) is 11.5 Å². The van der Waals surface area contributed by atoms with Crippen LogP contribution in [0.3, 0.4) is 0 Å². The van der Waals surface area contributed by atoms with E-state index in [0.29, 0.717) is 11.5 Å². The molecule has 3 heterocycles. The monoisotopic (exact) mass is 374 g/mol. The van der Waals surface area contributed by atoms with Gasteiger partial charge in [0.05, 0.1) is 23.7 Å². The second-order valence-electron chi connectivity index (χ2n) is 7.32. The van der Waals surface area contributed by atoms with Gasteiger partial charge in [-0.3, -0.25) is 15.1 Å². The molecule has 2 aliphatic carbocycles. The minimum absolute atomic E-state index is 0.0584. The number of hydrazone groups is 1. The minimum atomic E-state index is -0.269. The number of carbonyl (C=O) groups excluding carboxylic acids is 1. The second kappa shape index (κ2) is 6.30. The van der Waals surface area contributed by atoms with E-state index in [1.165, 1.54) is 30.8 Å². The van der Waals surface area contributed by atoms with Crippen molar-refractivity contribution >= 4 is 23.3 Å².